The average molecular weight is 485 g/mol. The summed E-state index contributed by atoms with van der Waals surface area (Å²) < 4.78 is 0.455. The Labute approximate surface area is 184 Å². The molecule has 0 aliphatic rings. The fraction of sp³-hybridized carbons (Fsp3) is 0.769. The van der Waals surface area contributed by atoms with Crippen LogP contribution in [0, 0.1) is 19.3 Å². The molecule has 0 unspecified atom stereocenters. The van der Waals surface area contributed by atoms with E-state index in [9.17, 15) is 0 Å². The van der Waals surface area contributed by atoms with Gasteiger partial charge in [0.1, 0.15) is 0 Å². The van der Waals surface area contributed by atoms with Crippen molar-refractivity contribution in [3.63, 3.8) is 0 Å². The van der Waals surface area contributed by atoms with Gasteiger partial charge in [-0.3, -0.25) is 0 Å². The number of unbranched alkanes of at least 4 members (excludes halogenated alkanes) is 4. The van der Waals surface area contributed by atoms with E-state index in [1.54, 1.807) is 11.1 Å². The zero-order valence-electron chi connectivity index (χ0n) is 19.3. The van der Waals surface area contributed by atoms with Gasteiger partial charge in [0.2, 0.25) is 0 Å². The lowest BCUT2D eigenvalue weighted by Gasteiger charge is -2.22. The highest BCUT2D eigenvalue weighted by molar-refractivity contribution is 14.1. The number of halogens is 1. The first-order chi connectivity index (χ1) is 12.5. The largest absolute Gasteiger partial charge is 0.0795 e. The van der Waals surface area contributed by atoms with Crippen LogP contribution in [-0.4, -0.2) is 3.42 Å². The van der Waals surface area contributed by atoms with Gasteiger partial charge in [0.25, 0.3) is 0 Å². The van der Waals surface area contributed by atoms with E-state index in [0.29, 0.717) is 8.84 Å². The molecule has 0 saturated carbocycles. The van der Waals surface area contributed by atoms with Crippen molar-refractivity contribution >= 4 is 22.6 Å². The molecule has 0 radical (unpaired) electrons. The molecule has 0 N–H and O–H groups in total. The van der Waals surface area contributed by atoms with Crippen LogP contribution < -0.4 is 0 Å². The molecule has 0 bridgehead atoms. The third-order valence-corrected chi connectivity index (χ3v) is 6.81. The molecular formula is C26H45I. The van der Waals surface area contributed by atoms with Crippen molar-refractivity contribution in [1.82, 2.24) is 0 Å². The Balaban J connectivity index is 2.44. The first-order valence-electron chi connectivity index (χ1n) is 11.3. The lowest BCUT2D eigenvalue weighted by molar-refractivity contribution is 0.308. The number of hydrogen-bond acceptors (Lipinski definition) is 0. The second kappa shape index (κ2) is 11.8. The van der Waals surface area contributed by atoms with Crippen molar-refractivity contribution in [1.29, 1.82) is 0 Å². The third-order valence-electron chi connectivity index (χ3n) is 6.27. The molecular weight excluding hydrogens is 439 g/mol. The minimum absolute atomic E-state index is 0.455. The molecule has 0 saturated heterocycles. The van der Waals surface area contributed by atoms with E-state index < -0.39 is 0 Å². The van der Waals surface area contributed by atoms with E-state index in [1.165, 1.54) is 81.8 Å². The summed E-state index contributed by atoms with van der Waals surface area (Å²) in [5.74, 6) is 0. The normalized spacial score (nSPS) is 12.6. The Morgan fingerprint density at radius 2 is 1.19 bits per heavy atom. The van der Waals surface area contributed by atoms with Crippen LogP contribution in [0.5, 0.6) is 0 Å². The first-order valence-corrected chi connectivity index (χ1v) is 12.4. The maximum Gasteiger partial charge on any atom is 0.0166 e. The lowest BCUT2D eigenvalue weighted by Crippen LogP contribution is -2.08. The topological polar surface area (TPSA) is 0 Å². The lowest BCUT2D eigenvalue weighted by atomic mass is 9.84. The van der Waals surface area contributed by atoms with Crippen molar-refractivity contribution in [2.45, 2.75) is 123 Å². The molecule has 1 heteroatoms. The highest BCUT2D eigenvalue weighted by Gasteiger charge is 2.14. The van der Waals surface area contributed by atoms with Crippen LogP contribution in [-0.2, 0) is 12.8 Å². The Bertz CT molecular complexity index is 548. The second-order valence-electron chi connectivity index (χ2n) is 10.1. The first kappa shape index (κ1) is 25.0. The number of alkyl halides is 1. The molecule has 0 spiro atoms. The SMILES string of the molecule is CCC(C)(C)CCCCCc1cc(CCCCCC(C)(C)I)c(C)cc1C. The fourth-order valence-electron chi connectivity index (χ4n) is 3.80. The zero-order chi connectivity index (χ0) is 20.5. The summed E-state index contributed by atoms with van der Waals surface area (Å²) in [5, 5.41) is 0. The monoisotopic (exact) mass is 484 g/mol. The molecule has 0 amide bonds. The second-order valence-corrected chi connectivity index (χ2v) is 13.0. The van der Waals surface area contributed by atoms with Gasteiger partial charge in [0, 0.05) is 3.42 Å². The number of hydrogen-bond donors (Lipinski definition) is 0. The molecule has 156 valence electrons. The summed E-state index contributed by atoms with van der Waals surface area (Å²) in [5.41, 5.74) is 6.71. The van der Waals surface area contributed by atoms with Crippen molar-refractivity contribution in [2.75, 3.05) is 0 Å². The van der Waals surface area contributed by atoms with Crippen molar-refractivity contribution < 1.29 is 0 Å². The van der Waals surface area contributed by atoms with Crippen LogP contribution >= 0.6 is 22.6 Å². The Morgan fingerprint density at radius 3 is 1.63 bits per heavy atom. The molecule has 0 heterocycles. The maximum absolute atomic E-state index is 2.58. The Hall–Kier alpha value is -0.0500. The summed E-state index contributed by atoms with van der Waals surface area (Å²) in [6, 6.07) is 4.96. The predicted octanol–water partition coefficient (Wildman–Crippen LogP) is 9.16. The van der Waals surface area contributed by atoms with Crippen LogP contribution in [0.15, 0.2) is 12.1 Å². The molecule has 0 aromatic heterocycles. The summed E-state index contributed by atoms with van der Waals surface area (Å²) >= 11 is 2.58. The van der Waals surface area contributed by atoms with Crippen LogP contribution in [0.3, 0.4) is 0 Å². The van der Waals surface area contributed by atoms with Gasteiger partial charge in [0.05, 0.1) is 0 Å². The van der Waals surface area contributed by atoms with Gasteiger partial charge >= 0.3 is 0 Å². The summed E-state index contributed by atoms with van der Waals surface area (Å²) in [6.45, 7) is 16.4. The van der Waals surface area contributed by atoms with E-state index in [1.807, 2.05) is 0 Å². The average Bonchev–Trinajstić information content (AvgIpc) is 2.56. The molecule has 1 aromatic rings. The Kier molecular flexibility index (Phi) is 10.9. The minimum atomic E-state index is 0.455. The van der Waals surface area contributed by atoms with Crippen LogP contribution in [0.2, 0.25) is 0 Å². The molecule has 0 aliphatic heterocycles. The standard InChI is InChI=1S/C26H45I/c1-8-25(4,5)17-13-9-11-15-23-20-24(22(3)19-21(23)2)16-12-10-14-18-26(6,7)27/h19-20H,8-18H2,1-7H3. The van der Waals surface area contributed by atoms with Crippen LogP contribution in [0.25, 0.3) is 0 Å². The Morgan fingerprint density at radius 1 is 0.704 bits per heavy atom. The molecule has 0 atom stereocenters. The molecule has 0 nitrogen and oxygen atoms in total. The van der Waals surface area contributed by atoms with Crippen LogP contribution in [0.1, 0.15) is 115 Å². The highest BCUT2D eigenvalue weighted by atomic mass is 127. The smallest absolute Gasteiger partial charge is 0.0166 e. The third kappa shape index (κ3) is 10.9. The highest BCUT2D eigenvalue weighted by Crippen LogP contribution is 2.28. The van der Waals surface area contributed by atoms with Gasteiger partial charge in [0.15, 0.2) is 0 Å². The van der Waals surface area contributed by atoms with E-state index >= 15 is 0 Å². The molecule has 1 rings (SSSR count). The van der Waals surface area contributed by atoms with Gasteiger partial charge in [-0.15, -0.1) is 0 Å². The summed E-state index contributed by atoms with van der Waals surface area (Å²) in [7, 11) is 0. The van der Waals surface area contributed by atoms with E-state index in [2.05, 4.69) is 83.2 Å². The van der Waals surface area contributed by atoms with Gasteiger partial charge in [-0.05, 0) is 80.0 Å². The minimum Gasteiger partial charge on any atom is -0.0795 e. The quantitative estimate of drug-likeness (QED) is 0.149. The number of rotatable bonds is 13. The van der Waals surface area contributed by atoms with E-state index in [4.69, 9.17) is 0 Å². The molecule has 27 heavy (non-hydrogen) atoms. The van der Waals surface area contributed by atoms with Gasteiger partial charge in [-0.1, -0.05) is 101 Å². The predicted molar refractivity (Wildman–Crippen MR) is 132 cm³/mol. The van der Waals surface area contributed by atoms with Gasteiger partial charge in [-0.25, -0.2) is 0 Å². The summed E-state index contributed by atoms with van der Waals surface area (Å²) in [6.07, 6.45) is 14.7. The molecule has 0 aliphatic carbocycles. The van der Waals surface area contributed by atoms with E-state index in [-0.39, 0.29) is 0 Å². The van der Waals surface area contributed by atoms with Crippen molar-refractivity contribution in [3.05, 3.63) is 34.4 Å². The molecule has 0 fully saturated rings. The van der Waals surface area contributed by atoms with Gasteiger partial charge in [-0.2, -0.15) is 0 Å². The molecule has 1 aromatic carbocycles. The van der Waals surface area contributed by atoms with E-state index in [0.717, 1.165) is 0 Å². The fourth-order valence-corrected chi connectivity index (χ4v) is 4.18. The maximum atomic E-state index is 2.58. The number of aryl methyl sites for hydroxylation is 4. The number of benzene rings is 1. The van der Waals surface area contributed by atoms with Gasteiger partial charge < -0.3 is 0 Å². The van der Waals surface area contributed by atoms with Crippen molar-refractivity contribution in [2.24, 2.45) is 5.41 Å². The summed E-state index contributed by atoms with van der Waals surface area (Å²) in [4.78, 5) is 0. The zero-order valence-corrected chi connectivity index (χ0v) is 21.5. The van der Waals surface area contributed by atoms with Crippen LogP contribution in [0.4, 0.5) is 0 Å². The van der Waals surface area contributed by atoms with Crippen molar-refractivity contribution in [3.8, 4) is 0 Å².